The Morgan fingerprint density at radius 3 is 2.63 bits per heavy atom. The first-order chi connectivity index (χ1) is 9.03. The number of carbonyl (C=O) groups excluding carboxylic acids is 1. The summed E-state index contributed by atoms with van der Waals surface area (Å²) in [7, 11) is 0. The topological polar surface area (TPSA) is 40.5 Å². The smallest absolute Gasteiger partial charge is 0.264 e. The molecular weight excluding hydrogens is 258 g/mol. The Labute approximate surface area is 119 Å². The lowest BCUT2D eigenvalue weighted by molar-refractivity contribution is -0.0824. The van der Waals surface area contributed by atoms with Crippen LogP contribution in [0.2, 0.25) is 0 Å². The molecule has 0 radical (unpaired) electrons. The monoisotopic (exact) mass is 281 g/mol. The summed E-state index contributed by atoms with van der Waals surface area (Å²) >= 11 is 1.63. The summed E-state index contributed by atoms with van der Waals surface area (Å²) in [6.45, 7) is 7.21. The van der Waals surface area contributed by atoms with E-state index in [4.69, 9.17) is 0 Å². The summed E-state index contributed by atoms with van der Waals surface area (Å²) in [4.78, 5) is 16.3. The third-order valence-electron chi connectivity index (χ3n) is 3.88. The van der Waals surface area contributed by atoms with Gasteiger partial charge in [0.2, 0.25) is 0 Å². The number of likely N-dealkylation sites (tertiary alicyclic amines) is 1. The maximum Gasteiger partial charge on any atom is 0.264 e. The summed E-state index contributed by atoms with van der Waals surface area (Å²) in [6.07, 6.45) is 3.86. The predicted molar refractivity (Wildman–Crippen MR) is 78.8 cm³/mol. The first-order valence-electron chi connectivity index (χ1n) is 7.16. The van der Waals surface area contributed by atoms with Crippen molar-refractivity contribution in [2.45, 2.75) is 52.1 Å². The minimum absolute atomic E-state index is 0.0835. The van der Waals surface area contributed by atoms with Crippen LogP contribution >= 0.6 is 11.3 Å². The van der Waals surface area contributed by atoms with E-state index in [-0.39, 0.29) is 5.91 Å². The van der Waals surface area contributed by atoms with Crippen LogP contribution in [0.25, 0.3) is 0 Å². The number of nitrogens with zero attached hydrogens (tertiary/aromatic N) is 1. The molecule has 3 nitrogen and oxygen atoms in total. The number of rotatable bonds is 5. The molecule has 106 valence electrons. The van der Waals surface area contributed by atoms with Crippen molar-refractivity contribution in [3.8, 4) is 0 Å². The average Bonchev–Trinajstić information content (AvgIpc) is 2.78. The van der Waals surface area contributed by atoms with Gasteiger partial charge in [0, 0.05) is 4.88 Å². The number of thiophene rings is 1. The number of hydrogen-bond acceptors (Lipinski definition) is 3. The van der Waals surface area contributed by atoms with Crippen molar-refractivity contribution in [2.24, 2.45) is 0 Å². The Morgan fingerprint density at radius 1 is 1.42 bits per heavy atom. The van der Waals surface area contributed by atoms with E-state index in [2.05, 4.69) is 13.8 Å². The molecule has 1 aromatic heterocycles. The fraction of sp³-hybridized carbons (Fsp3) is 0.667. The molecule has 1 N–H and O–H groups in total. The van der Waals surface area contributed by atoms with Gasteiger partial charge in [-0.3, -0.25) is 4.79 Å². The number of aryl methyl sites for hydroxylation is 2. The molecule has 1 aliphatic rings. The largest absolute Gasteiger partial charge is 0.386 e. The molecule has 2 rings (SSSR count). The Kier molecular flexibility index (Phi) is 4.31. The molecule has 0 spiro atoms. The SMILES string of the molecule is CCCc1sc(C(=O)N2CC(O)(CC)C2)cc1CC. The summed E-state index contributed by atoms with van der Waals surface area (Å²) < 4.78 is 0. The van der Waals surface area contributed by atoms with E-state index in [1.807, 2.05) is 13.0 Å². The molecule has 19 heavy (non-hydrogen) atoms. The second-order valence-corrected chi connectivity index (χ2v) is 6.54. The lowest BCUT2D eigenvalue weighted by Crippen LogP contribution is -2.63. The van der Waals surface area contributed by atoms with Crippen molar-refractivity contribution in [3.63, 3.8) is 0 Å². The van der Waals surface area contributed by atoms with Crippen LogP contribution in [0.15, 0.2) is 6.07 Å². The Hall–Kier alpha value is -0.870. The minimum atomic E-state index is -0.646. The normalized spacial score (nSPS) is 17.4. The van der Waals surface area contributed by atoms with Crippen LogP contribution in [0.1, 0.15) is 53.7 Å². The third kappa shape index (κ3) is 2.84. The average molecular weight is 281 g/mol. The van der Waals surface area contributed by atoms with Crippen molar-refractivity contribution in [2.75, 3.05) is 13.1 Å². The molecule has 0 saturated carbocycles. The quantitative estimate of drug-likeness (QED) is 0.901. The summed E-state index contributed by atoms with van der Waals surface area (Å²) in [5.74, 6) is 0.0835. The van der Waals surface area contributed by atoms with Crippen LogP contribution in [-0.4, -0.2) is 34.6 Å². The molecule has 1 amide bonds. The Balaban J connectivity index is 2.08. The van der Waals surface area contributed by atoms with Crippen LogP contribution < -0.4 is 0 Å². The van der Waals surface area contributed by atoms with Gasteiger partial charge in [-0.25, -0.2) is 0 Å². The van der Waals surface area contributed by atoms with E-state index in [1.165, 1.54) is 10.4 Å². The fourth-order valence-corrected chi connectivity index (χ4v) is 3.82. The van der Waals surface area contributed by atoms with Gasteiger partial charge in [0.1, 0.15) is 0 Å². The van der Waals surface area contributed by atoms with Crippen LogP contribution in [0.3, 0.4) is 0 Å². The van der Waals surface area contributed by atoms with Crippen LogP contribution in [0.5, 0.6) is 0 Å². The van der Waals surface area contributed by atoms with E-state index in [9.17, 15) is 9.90 Å². The second kappa shape index (κ2) is 5.63. The summed E-state index contributed by atoms with van der Waals surface area (Å²) in [6, 6.07) is 2.04. The Morgan fingerprint density at radius 2 is 2.11 bits per heavy atom. The third-order valence-corrected chi connectivity index (χ3v) is 5.11. The zero-order valence-electron chi connectivity index (χ0n) is 12.0. The second-order valence-electron chi connectivity index (χ2n) is 5.40. The van der Waals surface area contributed by atoms with Gasteiger partial charge in [0.05, 0.1) is 23.6 Å². The first-order valence-corrected chi connectivity index (χ1v) is 7.97. The molecule has 0 atom stereocenters. The van der Waals surface area contributed by atoms with Gasteiger partial charge in [0.25, 0.3) is 5.91 Å². The van der Waals surface area contributed by atoms with Gasteiger partial charge in [-0.15, -0.1) is 11.3 Å². The number of amides is 1. The standard InChI is InChI=1S/C15H23NO2S/c1-4-7-12-11(5-2)8-13(19-12)14(17)16-9-15(18,6-3)10-16/h8,18H,4-7,9-10H2,1-3H3. The molecule has 0 unspecified atom stereocenters. The molecule has 0 bridgehead atoms. The highest BCUT2D eigenvalue weighted by Crippen LogP contribution is 2.30. The number of carbonyl (C=O) groups is 1. The fourth-order valence-electron chi connectivity index (χ4n) is 2.50. The van der Waals surface area contributed by atoms with Gasteiger partial charge in [-0.2, -0.15) is 0 Å². The first kappa shape index (κ1) is 14.5. The van der Waals surface area contributed by atoms with Crippen LogP contribution in [0.4, 0.5) is 0 Å². The van der Waals surface area contributed by atoms with Crippen molar-refractivity contribution < 1.29 is 9.90 Å². The molecular formula is C15H23NO2S. The summed E-state index contributed by atoms with van der Waals surface area (Å²) in [5, 5.41) is 9.98. The maximum absolute atomic E-state index is 12.3. The van der Waals surface area contributed by atoms with Crippen molar-refractivity contribution >= 4 is 17.2 Å². The molecule has 4 heteroatoms. The van der Waals surface area contributed by atoms with Crippen molar-refractivity contribution in [3.05, 3.63) is 21.4 Å². The van der Waals surface area contributed by atoms with E-state index in [0.29, 0.717) is 19.5 Å². The van der Waals surface area contributed by atoms with E-state index in [0.717, 1.165) is 24.1 Å². The highest BCUT2D eigenvalue weighted by molar-refractivity contribution is 7.14. The van der Waals surface area contributed by atoms with Crippen LogP contribution in [-0.2, 0) is 12.8 Å². The molecule has 0 aromatic carbocycles. The zero-order chi connectivity index (χ0) is 14.0. The van der Waals surface area contributed by atoms with Crippen molar-refractivity contribution in [1.82, 2.24) is 4.90 Å². The zero-order valence-corrected chi connectivity index (χ0v) is 12.8. The molecule has 0 aliphatic carbocycles. The molecule has 1 aliphatic heterocycles. The predicted octanol–water partition coefficient (Wildman–Crippen LogP) is 2.86. The van der Waals surface area contributed by atoms with Crippen LogP contribution in [0, 0.1) is 0 Å². The molecule has 1 saturated heterocycles. The number of β-amino-alcohol motifs (C(OH)–C–C–N with tert-alkyl or cyclic N) is 1. The number of aliphatic hydroxyl groups is 1. The highest BCUT2D eigenvalue weighted by atomic mass is 32.1. The summed E-state index contributed by atoms with van der Waals surface area (Å²) in [5.41, 5.74) is 0.661. The van der Waals surface area contributed by atoms with E-state index >= 15 is 0 Å². The lowest BCUT2D eigenvalue weighted by Gasteiger charge is -2.45. The lowest BCUT2D eigenvalue weighted by atomic mass is 9.91. The minimum Gasteiger partial charge on any atom is -0.386 e. The van der Waals surface area contributed by atoms with E-state index in [1.54, 1.807) is 16.2 Å². The highest BCUT2D eigenvalue weighted by Gasteiger charge is 2.42. The van der Waals surface area contributed by atoms with Gasteiger partial charge in [-0.1, -0.05) is 27.2 Å². The van der Waals surface area contributed by atoms with Gasteiger partial charge in [0.15, 0.2) is 0 Å². The van der Waals surface area contributed by atoms with Gasteiger partial charge >= 0.3 is 0 Å². The number of hydrogen-bond donors (Lipinski definition) is 1. The van der Waals surface area contributed by atoms with E-state index < -0.39 is 5.60 Å². The van der Waals surface area contributed by atoms with Crippen molar-refractivity contribution in [1.29, 1.82) is 0 Å². The molecule has 1 aromatic rings. The molecule has 2 heterocycles. The van der Waals surface area contributed by atoms with Gasteiger partial charge < -0.3 is 10.0 Å². The Bertz CT molecular complexity index is 461. The maximum atomic E-state index is 12.3. The van der Waals surface area contributed by atoms with Gasteiger partial charge in [-0.05, 0) is 30.9 Å². The molecule has 1 fully saturated rings.